The van der Waals surface area contributed by atoms with E-state index in [2.05, 4.69) is 20.5 Å². The highest BCUT2D eigenvalue weighted by molar-refractivity contribution is 5.84. The van der Waals surface area contributed by atoms with Gasteiger partial charge in [0.05, 0.1) is 12.6 Å². The van der Waals surface area contributed by atoms with Crippen LogP contribution in [0.4, 0.5) is 0 Å². The van der Waals surface area contributed by atoms with Gasteiger partial charge in [-0.25, -0.2) is 14.3 Å². The second kappa shape index (κ2) is 6.37. The van der Waals surface area contributed by atoms with Crippen molar-refractivity contribution in [3.05, 3.63) is 70.4 Å². The summed E-state index contributed by atoms with van der Waals surface area (Å²) >= 11 is 0. The van der Waals surface area contributed by atoms with E-state index in [4.69, 9.17) is 4.74 Å². The molecule has 0 atom stereocenters. The molecule has 1 aromatic carbocycles. The van der Waals surface area contributed by atoms with Gasteiger partial charge in [0.25, 0.3) is 0 Å². The molecule has 3 aromatic heterocycles. The number of methoxy groups -OCH3 is 1. The van der Waals surface area contributed by atoms with Gasteiger partial charge in [-0.2, -0.15) is 5.10 Å². The number of fused-ring (bicyclic) bond motifs is 3. The molecule has 2 N–H and O–H groups in total. The number of nitrogens with zero attached hydrogens (tertiary/aromatic N) is 3. The molecule has 3 heterocycles. The molecule has 0 aliphatic carbocycles. The van der Waals surface area contributed by atoms with Crippen LogP contribution in [0.1, 0.15) is 11.1 Å². The Labute approximate surface area is 143 Å². The van der Waals surface area contributed by atoms with Crippen molar-refractivity contribution in [1.29, 1.82) is 0 Å². The molecular weight excluding hydrogens is 318 g/mol. The summed E-state index contributed by atoms with van der Waals surface area (Å²) in [7, 11) is 1.63. The molecule has 0 aliphatic rings. The molecule has 0 unspecified atom stereocenters. The zero-order valence-corrected chi connectivity index (χ0v) is 13.7. The van der Waals surface area contributed by atoms with E-state index in [0.717, 1.165) is 27.8 Å². The molecule has 7 nitrogen and oxygen atoms in total. The number of benzene rings is 1. The Hall–Kier alpha value is -3.19. The van der Waals surface area contributed by atoms with E-state index >= 15 is 0 Å². The minimum Gasteiger partial charge on any atom is -0.497 e. The molecule has 4 rings (SSSR count). The van der Waals surface area contributed by atoms with Gasteiger partial charge < -0.3 is 10.1 Å². The summed E-state index contributed by atoms with van der Waals surface area (Å²) < 4.78 is 6.89. The first-order valence-corrected chi connectivity index (χ1v) is 7.92. The fourth-order valence-electron chi connectivity index (χ4n) is 2.94. The minimum absolute atomic E-state index is 0.249. The summed E-state index contributed by atoms with van der Waals surface area (Å²) in [5.41, 5.74) is 3.26. The molecule has 0 saturated heterocycles. The van der Waals surface area contributed by atoms with Crippen molar-refractivity contribution in [2.24, 2.45) is 0 Å². The monoisotopic (exact) mass is 335 g/mol. The van der Waals surface area contributed by atoms with Crippen LogP contribution in [0.2, 0.25) is 0 Å². The number of hydrogen-bond donors (Lipinski definition) is 2. The first-order chi connectivity index (χ1) is 12.3. The summed E-state index contributed by atoms with van der Waals surface area (Å²) in [6, 6.07) is 11.6. The highest BCUT2D eigenvalue weighted by atomic mass is 16.5. The molecule has 0 spiro atoms. The van der Waals surface area contributed by atoms with Crippen LogP contribution in [0, 0.1) is 0 Å². The standard InChI is InChI=1S/C18H17N5O2/c1-25-15-2-3-16-13(9-15)8-14(17-21-22-18(24)23(16)17)11-20-10-12-4-6-19-7-5-12/h2-9,20H,10-11H2,1H3,(H,22,24). The molecule has 0 amide bonds. The summed E-state index contributed by atoms with van der Waals surface area (Å²) in [5.74, 6) is 0.749. The maximum absolute atomic E-state index is 12.2. The van der Waals surface area contributed by atoms with Crippen molar-refractivity contribution in [3.63, 3.8) is 0 Å². The maximum atomic E-state index is 12.2. The van der Waals surface area contributed by atoms with E-state index in [1.165, 1.54) is 0 Å². The Bertz CT molecular complexity index is 1090. The Morgan fingerprint density at radius 2 is 2.00 bits per heavy atom. The van der Waals surface area contributed by atoms with E-state index in [1.54, 1.807) is 23.9 Å². The third kappa shape index (κ3) is 2.85. The van der Waals surface area contributed by atoms with Gasteiger partial charge in [0.15, 0.2) is 5.65 Å². The minimum atomic E-state index is -0.249. The lowest BCUT2D eigenvalue weighted by molar-refractivity contribution is 0.415. The average Bonchev–Trinajstić information content (AvgIpc) is 3.04. The summed E-state index contributed by atoms with van der Waals surface area (Å²) in [4.78, 5) is 16.2. The maximum Gasteiger partial charge on any atom is 0.348 e. The number of nitrogens with one attached hydrogen (secondary N) is 2. The number of H-pyrrole nitrogens is 1. The molecule has 25 heavy (non-hydrogen) atoms. The predicted molar refractivity (Wildman–Crippen MR) is 94.7 cm³/mol. The third-order valence-corrected chi connectivity index (χ3v) is 4.16. The van der Waals surface area contributed by atoms with E-state index in [1.807, 2.05) is 36.4 Å². The smallest absolute Gasteiger partial charge is 0.348 e. The molecule has 4 aromatic rings. The van der Waals surface area contributed by atoms with Gasteiger partial charge in [0.1, 0.15) is 5.75 Å². The predicted octanol–water partition coefficient (Wildman–Crippen LogP) is 1.87. The van der Waals surface area contributed by atoms with Crippen molar-refractivity contribution in [2.45, 2.75) is 13.1 Å². The molecular formula is C18H17N5O2. The second-order valence-corrected chi connectivity index (χ2v) is 5.74. The largest absolute Gasteiger partial charge is 0.497 e. The summed E-state index contributed by atoms with van der Waals surface area (Å²) in [6.45, 7) is 1.29. The molecule has 0 fully saturated rings. The van der Waals surface area contributed by atoms with Crippen LogP contribution in [-0.4, -0.2) is 26.7 Å². The van der Waals surface area contributed by atoms with Crippen molar-refractivity contribution in [3.8, 4) is 5.75 Å². The number of pyridine rings is 2. The van der Waals surface area contributed by atoms with Crippen LogP contribution >= 0.6 is 0 Å². The van der Waals surface area contributed by atoms with Crippen molar-refractivity contribution >= 4 is 16.6 Å². The fourth-order valence-corrected chi connectivity index (χ4v) is 2.94. The zero-order chi connectivity index (χ0) is 17.2. The van der Waals surface area contributed by atoms with Gasteiger partial charge in [0, 0.05) is 36.4 Å². The Kier molecular flexibility index (Phi) is 3.91. The second-order valence-electron chi connectivity index (χ2n) is 5.74. The average molecular weight is 335 g/mol. The van der Waals surface area contributed by atoms with Crippen LogP contribution in [0.15, 0.2) is 53.6 Å². The fraction of sp³-hybridized carbons (Fsp3) is 0.167. The van der Waals surface area contributed by atoms with Crippen molar-refractivity contribution < 1.29 is 4.74 Å². The zero-order valence-electron chi connectivity index (χ0n) is 13.7. The first-order valence-electron chi connectivity index (χ1n) is 7.92. The number of aromatic amines is 1. The normalized spacial score (nSPS) is 11.2. The lowest BCUT2D eigenvalue weighted by Gasteiger charge is -2.09. The lowest BCUT2D eigenvalue weighted by Crippen LogP contribution is -2.15. The number of hydrogen-bond acceptors (Lipinski definition) is 5. The Morgan fingerprint density at radius 1 is 1.16 bits per heavy atom. The molecule has 7 heteroatoms. The van der Waals surface area contributed by atoms with Gasteiger partial charge in [0.2, 0.25) is 0 Å². The van der Waals surface area contributed by atoms with Crippen molar-refractivity contribution in [2.75, 3.05) is 7.11 Å². The van der Waals surface area contributed by atoms with Crippen LogP contribution in [0.3, 0.4) is 0 Å². The van der Waals surface area contributed by atoms with Crippen LogP contribution in [0.5, 0.6) is 5.75 Å². The number of rotatable bonds is 5. The van der Waals surface area contributed by atoms with Gasteiger partial charge >= 0.3 is 5.69 Å². The Balaban J connectivity index is 1.72. The Morgan fingerprint density at radius 3 is 2.80 bits per heavy atom. The van der Waals surface area contributed by atoms with Crippen LogP contribution in [-0.2, 0) is 13.1 Å². The summed E-state index contributed by atoms with van der Waals surface area (Å²) in [5, 5.41) is 11.0. The van der Waals surface area contributed by atoms with Gasteiger partial charge in [-0.3, -0.25) is 4.98 Å². The van der Waals surface area contributed by atoms with Gasteiger partial charge in [-0.15, -0.1) is 0 Å². The van der Waals surface area contributed by atoms with E-state index in [0.29, 0.717) is 18.7 Å². The molecule has 126 valence electrons. The van der Waals surface area contributed by atoms with Gasteiger partial charge in [-0.05, 0) is 42.0 Å². The topological polar surface area (TPSA) is 84.3 Å². The van der Waals surface area contributed by atoms with Crippen molar-refractivity contribution in [1.82, 2.24) is 24.9 Å². The SMILES string of the molecule is COc1ccc2c(c1)cc(CNCc1ccncc1)c1n[nH]c(=O)n12. The third-order valence-electron chi connectivity index (χ3n) is 4.16. The highest BCUT2D eigenvalue weighted by Gasteiger charge is 2.11. The highest BCUT2D eigenvalue weighted by Crippen LogP contribution is 2.23. The molecule has 0 saturated carbocycles. The first kappa shape index (κ1) is 15.3. The van der Waals surface area contributed by atoms with Gasteiger partial charge in [-0.1, -0.05) is 0 Å². The molecule has 0 aliphatic heterocycles. The summed E-state index contributed by atoms with van der Waals surface area (Å²) in [6.07, 6.45) is 3.54. The van der Waals surface area contributed by atoms with E-state index < -0.39 is 0 Å². The molecule has 0 bridgehead atoms. The quantitative estimate of drug-likeness (QED) is 0.582. The van der Waals surface area contributed by atoms with E-state index in [9.17, 15) is 4.79 Å². The molecule has 0 radical (unpaired) electrons. The van der Waals surface area contributed by atoms with E-state index in [-0.39, 0.29) is 5.69 Å². The van der Waals surface area contributed by atoms with Crippen LogP contribution < -0.4 is 15.7 Å². The number of ether oxygens (including phenoxy) is 1. The number of aromatic nitrogens is 4. The van der Waals surface area contributed by atoms with Crippen LogP contribution in [0.25, 0.3) is 16.6 Å². The lowest BCUT2D eigenvalue weighted by atomic mass is 10.1.